The number of rotatable bonds is 40. The van der Waals surface area contributed by atoms with Gasteiger partial charge < -0.3 is 14.2 Å². The minimum Gasteiger partial charge on any atom is -0.462 e. The van der Waals surface area contributed by atoms with Crippen molar-refractivity contribution in [2.24, 2.45) is 0 Å². The van der Waals surface area contributed by atoms with Gasteiger partial charge in [-0.2, -0.15) is 0 Å². The third kappa shape index (κ3) is 43.5. The molecule has 0 saturated carbocycles. The first-order valence-corrected chi connectivity index (χ1v) is 22.8. The molecule has 0 aliphatic carbocycles. The summed E-state index contributed by atoms with van der Waals surface area (Å²) in [5.41, 5.74) is 0. The van der Waals surface area contributed by atoms with E-state index < -0.39 is 6.10 Å². The van der Waals surface area contributed by atoms with E-state index in [1.54, 1.807) is 0 Å². The van der Waals surface area contributed by atoms with Crippen LogP contribution in [-0.2, 0) is 23.8 Å². The topological polar surface area (TPSA) is 61.8 Å². The molecular formula is C51H84O5. The van der Waals surface area contributed by atoms with Gasteiger partial charge in [0.05, 0.1) is 6.61 Å². The number of carbonyl (C=O) groups is 2. The summed E-state index contributed by atoms with van der Waals surface area (Å²) < 4.78 is 17.2. The summed E-state index contributed by atoms with van der Waals surface area (Å²) in [6.45, 7) is 7.46. The van der Waals surface area contributed by atoms with Crippen molar-refractivity contribution in [1.29, 1.82) is 0 Å². The Morgan fingerprint density at radius 3 is 1.34 bits per heavy atom. The molecule has 0 saturated heterocycles. The lowest BCUT2D eigenvalue weighted by molar-refractivity contribution is -0.163. The summed E-state index contributed by atoms with van der Waals surface area (Å²) in [6.07, 6.45) is 61.3. The van der Waals surface area contributed by atoms with Crippen molar-refractivity contribution in [1.82, 2.24) is 0 Å². The van der Waals surface area contributed by atoms with Crippen LogP contribution in [-0.4, -0.2) is 37.9 Å². The van der Waals surface area contributed by atoms with E-state index in [0.717, 1.165) is 103 Å². The van der Waals surface area contributed by atoms with E-state index in [9.17, 15) is 9.59 Å². The highest BCUT2D eigenvalue weighted by molar-refractivity contribution is 5.70. The number of hydrogen-bond acceptors (Lipinski definition) is 5. The van der Waals surface area contributed by atoms with Crippen LogP contribution in [0.4, 0.5) is 0 Å². The Morgan fingerprint density at radius 2 is 0.821 bits per heavy atom. The van der Waals surface area contributed by atoms with E-state index in [-0.39, 0.29) is 25.2 Å². The second kappa shape index (κ2) is 46.2. The molecule has 0 amide bonds. The van der Waals surface area contributed by atoms with E-state index in [0.29, 0.717) is 19.4 Å². The fraction of sp³-hybridized carbons (Fsp3) is 0.647. The van der Waals surface area contributed by atoms with Crippen LogP contribution in [0, 0.1) is 0 Å². The van der Waals surface area contributed by atoms with Crippen molar-refractivity contribution < 1.29 is 23.8 Å². The number of allylic oxidation sites excluding steroid dienone is 16. The fourth-order valence-corrected chi connectivity index (χ4v) is 5.79. The molecule has 0 heterocycles. The van der Waals surface area contributed by atoms with Crippen LogP contribution in [0.15, 0.2) is 97.2 Å². The van der Waals surface area contributed by atoms with E-state index in [2.05, 4.69) is 118 Å². The Hall–Kier alpha value is -3.18. The molecule has 0 radical (unpaired) electrons. The van der Waals surface area contributed by atoms with Gasteiger partial charge in [0.25, 0.3) is 0 Å². The van der Waals surface area contributed by atoms with E-state index >= 15 is 0 Å². The molecule has 0 rings (SSSR count). The van der Waals surface area contributed by atoms with Crippen molar-refractivity contribution >= 4 is 11.9 Å². The number of hydrogen-bond donors (Lipinski definition) is 0. The molecule has 0 aromatic rings. The summed E-state index contributed by atoms with van der Waals surface area (Å²) in [5.74, 6) is -0.487. The maximum Gasteiger partial charge on any atom is 0.306 e. The van der Waals surface area contributed by atoms with Gasteiger partial charge in [-0.15, -0.1) is 0 Å². The lowest BCUT2D eigenvalue weighted by Gasteiger charge is -2.18. The maximum absolute atomic E-state index is 12.7. The van der Waals surface area contributed by atoms with Crippen LogP contribution < -0.4 is 0 Å². The molecule has 0 spiro atoms. The second-order valence-corrected chi connectivity index (χ2v) is 14.5. The molecule has 0 N–H and O–H groups in total. The lowest BCUT2D eigenvalue weighted by atomic mass is 10.1. The van der Waals surface area contributed by atoms with Crippen LogP contribution in [0.3, 0.4) is 0 Å². The minimum absolute atomic E-state index is 0.0426. The standard InChI is InChI=1S/C51H84O5/c1-4-7-10-13-16-19-21-23-25-26-27-28-30-33-35-38-41-44-50(52)55-48-49(56-51(53)45-42-39-36-32-18-15-12-9-6-3)47-54-46-43-40-37-34-31-29-24-22-20-17-14-11-8-5-2/h7-8,10-11,16-17,19-20,23-25,27-29,33,35,49H,4-6,9,12-15,18,21-22,26,30-32,34,36-48H2,1-3H3/b10-7-,11-8-,19-16-,20-17-,25-23-,28-27-,29-24-,35-33-. The third-order valence-electron chi connectivity index (χ3n) is 9.12. The van der Waals surface area contributed by atoms with Crippen molar-refractivity contribution in [2.45, 2.75) is 194 Å². The second-order valence-electron chi connectivity index (χ2n) is 14.5. The van der Waals surface area contributed by atoms with Crippen LogP contribution >= 0.6 is 0 Å². The average molecular weight is 777 g/mol. The van der Waals surface area contributed by atoms with Crippen molar-refractivity contribution in [3.8, 4) is 0 Å². The van der Waals surface area contributed by atoms with E-state index in [1.807, 2.05) is 0 Å². The average Bonchev–Trinajstić information content (AvgIpc) is 3.20. The molecule has 5 nitrogen and oxygen atoms in total. The highest BCUT2D eigenvalue weighted by Crippen LogP contribution is 2.12. The quantitative estimate of drug-likeness (QED) is 0.0352. The van der Waals surface area contributed by atoms with Crippen molar-refractivity contribution in [3.05, 3.63) is 97.2 Å². The first-order valence-electron chi connectivity index (χ1n) is 22.8. The first-order chi connectivity index (χ1) is 27.6. The Kier molecular flexibility index (Phi) is 43.6. The molecule has 56 heavy (non-hydrogen) atoms. The highest BCUT2D eigenvalue weighted by atomic mass is 16.6. The number of ether oxygens (including phenoxy) is 3. The van der Waals surface area contributed by atoms with Gasteiger partial charge in [-0.1, -0.05) is 182 Å². The van der Waals surface area contributed by atoms with Gasteiger partial charge >= 0.3 is 11.9 Å². The van der Waals surface area contributed by atoms with Crippen molar-refractivity contribution in [2.75, 3.05) is 19.8 Å². The van der Waals surface area contributed by atoms with Crippen molar-refractivity contribution in [3.63, 3.8) is 0 Å². The van der Waals surface area contributed by atoms with Crippen LogP contribution in [0.2, 0.25) is 0 Å². The zero-order valence-corrected chi connectivity index (χ0v) is 36.4. The molecule has 318 valence electrons. The van der Waals surface area contributed by atoms with Gasteiger partial charge in [0, 0.05) is 19.4 Å². The van der Waals surface area contributed by atoms with Gasteiger partial charge in [0.15, 0.2) is 6.10 Å². The van der Waals surface area contributed by atoms with Gasteiger partial charge in [-0.05, 0) is 89.9 Å². The van der Waals surface area contributed by atoms with Crippen LogP contribution in [0.1, 0.15) is 188 Å². The van der Waals surface area contributed by atoms with Gasteiger partial charge in [-0.25, -0.2) is 0 Å². The Balaban J connectivity index is 4.37. The minimum atomic E-state index is -0.571. The molecule has 0 aromatic heterocycles. The molecule has 0 bridgehead atoms. The molecule has 0 fully saturated rings. The molecule has 1 unspecified atom stereocenters. The summed E-state index contributed by atoms with van der Waals surface area (Å²) in [6, 6.07) is 0. The zero-order chi connectivity index (χ0) is 40.7. The normalized spacial score (nSPS) is 13.1. The number of esters is 2. The SMILES string of the molecule is CC/C=C\C/C=C\C/C=C\C/C=C\C/C=C\CCCC(=O)OCC(COCCCCCC/C=C\C/C=C\C/C=C\CC)OC(=O)CCCCCCCCCCC. The molecule has 0 aromatic carbocycles. The Bertz CT molecular complexity index is 1110. The fourth-order valence-electron chi connectivity index (χ4n) is 5.79. The molecule has 0 aliphatic rings. The summed E-state index contributed by atoms with van der Waals surface area (Å²) in [5, 5.41) is 0. The Morgan fingerprint density at radius 1 is 0.411 bits per heavy atom. The molecule has 0 aliphatic heterocycles. The van der Waals surface area contributed by atoms with Gasteiger partial charge in [0.1, 0.15) is 6.61 Å². The third-order valence-corrected chi connectivity index (χ3v) is 9.12. The monoisotopic (exact) mass is 777 g/mol. The van der Waals surface area contributed by atoms with Crippen LogP contribution in [0.5, 0.6) is 0 Å². The molecule has 5 heteroatoms. The smallest absolute Gasteiger partial charge is 0.306 e. The lowest BCUT2D eigenvalue weighted by Crippen LogP contribution is -2.30. The van der Waals surface area contributed by atoms with E-state index in [1.165, 1.54) is 51.4 Å². The predicted octanol–water partition coefficient (Wildman–Crippen LogP) is 15.1. The zero-order valence-electron chi connectivity index (χ0n) is 36.4. The summed E-state index contributed by atoms with van der Waals surface area (Å²) in [7, 11) is 0. The number of carbonyl (C=O) groups excluding carboxylic acids is 2. The number of unbranched alkanes of at least 4 members (excludes halogenated alkanes) is 13. The van der Waals surface area contributed by atoms with Crippen LogP contribution in [0.25, 0.3) is 0 Å². The van der Waals surface area contributed by atoms with Gasteiger partial charge in [-0.3, -0.25) is 9.59 Å². The Labute approximate surface area is 345 Å². The predicted molar refractivity (Wildman–Crippen MR) is 242 cm³/mol. The summed E-state index contributed by atoms with van der Waals surface area (Å²) >= 11 is 0. The molecular weight excluding hydrogens is 693 g/mol. The maximum atomic E-state index is 12.7. The molecule has 1 atom stereocenters. The summed E-state index contributed by atoms with van der Waals surface area (Å²) in [4.78, 5) is 25.2. The van der Waals surface area contributed by atoms with E-state index in [4.69, 9.17) is 14.2 Å². The highest BCUT2D eigenvalue weighted by Gasteiger charge is 2.17. The van der Waals surface area contributed by atoms with Gasteiger partial charge in [0.2, 0.25) is 0 Å². The largest absolute Gasteiger partial charge is 0.462 e. The first kappa shape index (κ1) is 52.8.